The van der Waals surface area contributed by atoms with Crippen LogP contribution < -0.4 is 5.32 Å². The van der Waals surface area contributed by atoms with E-state index in [2.05, 4.69) is 11.4 Å². The third kappa shape index (κ3) is 2.82. The third-order valence-corrected chi connectivity index (χ3v) is 5.33. The molecule has 1 amide bonds. The summed E-state index contributed by atoms with van der Waals surface area (Å²) in [5.41, 5.74) is 0. The molecule has 1 fully saturated rings. The van der Waals surface area contributed by atoms with Gasteiger partial charge in [-0.25, -0.2) is 0 Å². The maximum absolute atomic E-state index is 12.1. The number of amides is 1. The monoisotopic (exact) mass is 309 g/mol. The van der Waals surface area contributed by atoms with Gasteiger partial charge >= 0.3 is 0 Å². The summed E-state index contributed by atoms with van der Waals surface area (Å²) >= 11 is 8.01. The maximum Gasteiger partial charge on any atom is 0.223 e. The first-order chi connectivity index (χ1) is 9.75. The molecule has 20 heavy (non-hydrogen) atoms. The van der Waals surface area contributed by atoms with Crippen molar-refractivity contribution in [2.24, 2.45) is 5.92 Å². The van der Waals surface area contributed by atoms with Crippen LogP contribution in [0, 0.1) is 5.92 Å². The second kappa shape index (κ2) is 6.12. The fourth-order valence-electron chi connectivity index (χ4n) is 2.45. The molecule has 1 aromatic heterocycles. The molecule has 0 bridgehead atoms. The van der Waals surface area contributed by atoms with Gasteiger partial charge in [-0.3, -0.25) is 4.79 Å². The lowest BCUT2D eigenvalue weighted by Crippen LogP contribution is -2.33. The van der Waals surface area contributed by atoms with Gasteiger partial charge in [0, 0.05) is 34.1 Å². The summed E-state index contributed by atoms with van der Waals surface area (Å²) in [6.45, 7) is 1.87. The maximum atomic E-state index is 12.1. The van der Waals surface area contributed by atoms with Crippen LogP contribution in [0.4, 0.5) is 0 Å². The van der Waals surface area contributed by atoms with Gasteiger partial charge in [-0.1, -0.05) is 29.8 Å². The van der Waals surface area contributed by atoms with Crippen LogP contribution in [0.25, 0.3) is 10.1 Å². The predicted molar refractivity (Wildman–Crippen MR) is 82.2 cm³/mol. The minimum absolute atomic E-state index is 0.0805. The summed E-state index contributed by atoms with van der Waals surface area (Å²) in [6.07, 6.45) is 1.62. The molecule has 0 atom stereocenters. The summed E-state index contributed by atoms with van der Waals surface area (Å²) in [5, 5.41) is 4.83. The Morgan fingerprint density at radius 3 is 2.85 bits per heavy atom. The highest BCUT2D eigenvalue weighted by Gasteiger charge is 2.21. The molecule has 0 saturated carbocycles. The quantitative estimate of drug-likeness (QED) is 0.941. The van der Waals surface area contributed by atoms with Crippen LogP contribution in [0.15, 0.2) is 24.3 Å². The van der Waals surface area contributed by atoms with E-state index < -0.39 is 0 Å². The van der Waals surface area contributed by atoms with Crippen LogP contribution in [0.1, 0.15) is 17.7 Å². The molecule has 0 unspecified atom stereocenters. The van der Waals surface area contributed by atoms with Gasteiger partial charge in [0.25, 0.3) is 0 Å². The van der Waals surface area contributed by atoms with Gasteiger partial charge < -0.3 is 10.1 Å². The van der Waals surface area contributed by atoms with Crippen molar-refractivity contribution in [1.29, 1.82) is 0 Å². The van der Waals surface area contributed by atoms with Crippen molar-refractivity contribution in [3.63, 3.8) is 0 Å². The van der Waals surface area contributed by atoms with E-state index in [-0.39, 0.29) is 11.8 Å². The van der Waals surface area contributed by atoms with E-state index in [9.17, 15) is 4.79 Å². The van der Waals surface area contributed by atoms with Crippen LogP contribution in [-0.2, 0) is 16.1 Å². The number of ether oxygens (including phenoxy) is 1. The molecule has 3 nitrogen and oxygen atoms in total. The standard InChI is InChI=1S/C15H16ClNO2S/c16-14-11-3-1-2-4-12(11)20-13(14)9-17-15(18)10-5-7-19-8-6-10/h1-4,10H,5-9H2,(H,17,18). The first-order valence-corrected chi connectivity index (χ1v) is 7.96. The van der Waals surface area contributed by atoms with Gasteiger partial charge in [0.2, 0.25) is 5.91 Å². The highest BCUT2D eigenvalue weighted by molar-refractivity contribution is 7.19. The zero-order valence-electron chi connectivity index (χ0n) is 11.0. The van der Waals surface area contributed by atoms with Crippen molar-refractivity contribution in [1.82, 2.24) is 5.32 Å². The van der Waals surface area contributed by atoms with Gasteiger partial charge in [-0.2, -0.15) is 0 Å². The Hall–Kier alpha value is -1.10. The molecule has 0 spiro atoms. The molecule has 0 radical (unpaired) electrons. The summed E-state index contributed by atoms with van der Waals surface area (Å²) in [7, 11) is 0. The lowest BCUT2D eigenvalue weighted by atomic mass is 9.99. The zero-order valence-corrected chi connectivity index (χ0v) is 12.6. The molecule has 2 aromatic rings. The van der Waals surface area contributed by atoms with Gasteiger partial charge in [0.15, 0.2) is 0 Å². The van der Waals surface area contributed by atoms with Crippen LogP contribution in [0.5, 0.6) is 0 Å². The number of hydrogen-bond donors (Lipinski definition) is 1. The smallest absolute Gasteiger partial charge is 0.223 e. The number of carbonyl (C=O) groups is 1. The molecule has 1 aliphatic heterocycles. The average molecular weight is 310 g/mol. The Labute approximate surface area is 126 Å². The molecule has 1 aliphatic rings. The molecule has 1 saturated heterocycles. The number of benzene rings is 1. The molecule has 1 N–H and O–H groups in total. The molecular formula is C15H16ClNO2S. The number of fused-ring (bicyclic) bond motifs is 1. The second-order valence-corrected chi connectivity index (χ2v) is 6.45. The summed E-state index contributed by atoms with van der Waals surface area (Å²) in [4.78, 5) is 13.1. The predicted octanol–water partition coefficient (Wildman–Crippen LogP) is 3.60. The molecule has 0 aliphatic carbocycles. The fraction of sp³-hybridized carbons (Fsp3) is 0.400. The van der Waals surface area contributed by atoms with Crippen molar-refractivity contribution in [2.45, 2.75) is 19.4 Å². The van der Waals surface area contributed by atoms with Gasteiger partial charge in [-0.05, 0) is 18.9 Å². The van der Waals surface area contributed by atoms with Crippen LogP contribution >= 0.6 is 22.9 Å². The molecule has 5 heteroatoms. The van der Waals surface area contributed by atoms with E-state index >= 15 is 0 Å². The van der Waals surface area contributed by atoms with E-state index in [0.717, 1.165) is 32.8 Å². The normalized spacial score (nSPS) is 16.4. The van der Waals surface area contributed by atoms with E-state index in [1.54, 1.807) is 11.3 Å². The highest BCUT2D eigenvalue weighted by atomic mass is 35.5. The Kier molecular flexibility index (Phi) is 4.24. The number of carbonyl (C=O) groups excluding carboxylic acids is 1. The Balaban J connectivity index is 1.67. The van der Waals surface area contributed by atoms with Crippen LogP contribution in [0.3, 0.4) is 0 Å². The van der Waals surface area contributed by atoms with Gasteiger partial charge in [0.1, 0.15) is 0 Å². The molecule has 2 heterocycles. The first kappa shape index (κ1) is 13.9. The van der Waals surface area contributed by atoms with Gasteiger partial charge in [0.05, 0.1) is 11.6 Å². The van der Waals surface area contributed by atoms with Crippen LogP contribution in [-0.4, -0.2) is 19.1 Å². The van der Waals surface area contributed by atoms with Crippen molar-refractivity contribution < 1.29 is 9.53 Å². The summed E-state index contributed by atoms with van der Waals surface area (Å²) in [6, 6.07) is 8.04. The Morgan fingerprint density at radius 2 is 2.10 bits per heavy atom. The lowest BCUT2D eigenvalue weighted by molar-refractivity contribution is -0.127. The zero-order chi connectivity index (χ0) is 13.9. The first-order valence-electron chi connectivity index (χ1n) is 6.77. The Bertz CT molecular complexity index is 619. The van der Waals surface area contributed by atoms with Crippen molar-refractivity contribution in [3.8, 4) is 0 Å². The van der Waals surface area contributed by atoms with E-state index in [1.165, 1.54) is 0 Å². The lowest BCUT2D eigenvalue weighted by Gasteiger charge is -2.21. The van der Waals surface area contributed by atoms with E-state index in [4.69, 9.17) is 16.3 Å². The minimum atomic E-state index is 0.0805. The number of thiophene rings is 1. The third-order valence-electron chi connectivity index (χ3n) is 3.62. The average Bonchev–Trinajstić information content (AvgIpc) is 2.83. The topological polar surface area (TPSA) is 38.3 Å². The van der Waals surface area contributed by atoms with Crippen LogP contribution in [0.2, 0.25) is 5.02 Å². The van der Waals surface area contributed by atoms with Crippen molar-refractivity contribution in [2.75, 3.05) is 13.2 Å². The van der Waals surface area contributed by atoms with Crippen molar-refractivity contribution in [3.05, 3.63) is 34.2 Å². The SMILES string of the molecule is O=C(NCc1sc2ccccc2c1Cl)C1CCOCC1. The fourth-order valence-corrected chi connectivity index (χ4v) is 3.89. The number of hydrogen-bond acceptors (Lipinski definition) is 3. The number of halogens is 1. The molecule has 106 valence electrons. The second-order valence-electron chi connectivity index (χ2n) is 4.94. The number of nitrogens with one attached hydrogen (secondary N) is 1. The molecule has 1 aromatic carbocycles. The summed E-state index contributed by atoms with van der Waals surface area (Å²) in [5.74, 6) is 0.193. The minimum Gasteiger partial charge on any atom is -0.381 e. The van der Waals surface area contributed by atoms with E-state index in [0.29, 0.717) is 19.8 Å². The largest absolute Gasteiger partial charge is 0.381 e. The summed E-state index contributed by atoms with van der Waals surface area (Å²) < 4.78 is 6.43. The van der Waals surface area contributed by atoms with E-state index in [1.807, 2.05) is 18.2 Å². The molecule has 3 rings (SSSR count). The van der Waals surface area contributed by atoms with Gasteiger partial charge in [-0.15, -0.1) is 11.3 Å². The molecular weight excluding hydrogens is 294 g/mol. The Morgan fingerprint density at radius 1 is 1.35 bits per heavy atom. The van der Waals surface area contributed by atoms with Crippen molar-refractivity contribution >= 4 is 38.9 Å². The number of rotatable bonds is 3. The highest BCUT2D eigenvalue weighted by Crippen LogP contribution is 2.35.